The molecule has 0 saturated carbocycles. The summed E-state index contributed by atoms with van der Waals surface area (Å²) < 4.78 is 0. The van der Waals surface area contributed by atoms with Crippen LogP contribution in [0.5, 0.6) is 0 Å². The summed E-state index contributed by atoms with van der Waals surface area (Å²) in [6.07, 6.45) is 3.42. The Bertz CT molecular complexity index is 303. The van der Waals surface area contributed by atoms with Gasteiger partial charge in [0, 0.05) is 26.5 Å². The van der Waals surface area contributed by atoms with Gasteiger partial charge >= 0.3 is 0 Å². The molecule has 12 heavy (non-hydrogen) atoms. The van der Waals surface area contributed by atoms with Crippen molar-refractivity contribution < 1.29 is 0 Å². The average molecular weight is 179 g/mol. The van der Waals surface area contributed by atoms with Crippen molar-refractivity contribution in [3.8, 4) is 5.40 Å². The Labute approximate surface area is 76.0 Å². The molecular weight excluding hydrogens is 170 g/mol. The fraction of sp³-hybridized carbons (Fsp3) is 0.250. The molecule has 3 nitrogen and oxygen atoms in total. The second kappa shape index (κ2) is 3.98. The molecular formula is C8H9N3S. The monoisotopic (exact) mass is 179 g/mol. The summed E-state index contributed by atoms with van der Waals surface area (Å²) in [5.41, 5.74) is 1.02. The topological polar surface area (TPSA) is 39.9 Å². The van der Waals surface area contributed by atoms with E-state index in [1.165, 1.54) is 0 Å². The van der Waals surface area contributed by atoms with Crippen LogP contribution in [0.2, 0.25) is 0 Å². The van der Waals surface area contributed by atoms with Crippen LogP contribution in [0.4, 0.5) is 5.69 Å². The van der Waals surface area contributed by atoms with E-state index in [0.717, 1.165) is 22.3 Å². The van der Waals surface area contributed by atoms with Crippen molar-refractivity contribution in [1.29, 1.82) is 5.26 Å². The molecule has 0 unspecified atom stereocenters. The van der Waals surface area contributed by atoms with E-state index in [1.807, 2.05) is 30.5 Å². The Kier molecular flexibility index (Phi) is 2.94. The fourth-order valence-corrected chi connectivity index (χ4v) is 1.44. The molecule has 0 fully saturated rings. The van der Waals surface area contributed by atoms with Gasteiger partial charge in [0.15, 0.2) is 0 Å². The lowest BCUT2D eigenvalue weighted by atomic mass is 10.4. The van der Waals surface area contributed by atoms with Crippen molar-refractivity contribution in [3.63, 3.8) is 0 Å². The molecule has 0 aromatic carbocycles. The first-order valence-corrected chi connectivity index (χ1v) is 4.24. The number of hydrogen-bond donors (Lipinski definition) is 0. The standard InChI is InChI=1S/C8H9N3S/c1-11(2)7-3-4-10-5-8(7)12-6-9/h3-5H,1-2H3. The van der Waals surface area contributed by atoms with Crippen LogP contribution in [0, 0.1) is 10.7 Å². The van der Waals surface area contributed by atoms with E-state index in [9.17, 15) is 0 Å². The van der Waals surface area contributed by atoms with Crippen LogP contribution < -0.4 is 4.90 Å². The number of anilines is 1. The molecule has 4 heteroatoms. The molecule has 0 N–H and O–H groups in total. The van der Waals surface area contributed by atoms with Crippen molar-refractivity contribution >= 4 is 17.4 Å². The lowest BCUT2D eigenvalue weighted by Crippen LogP contribution is -2.09. The molecule has 0 saturated heterocycles. The summed E-state index contributed by atoms with van der Waals surface area (Å²) in [6.45, 7) is 0. The van der Waals surface area contributed by atoms with Gasteiger partial charge in [-0.3, -0.25) is 4.98 Å². The number of nitrogens with zero attached hydrogens (tertiary/aromatic N) is 3. The van der Waals surface area contributed by atoms with Gasteiger partial charge in [-0.1, -0.05) is 0 Å². The van der Waals surface area contributed by atoms with Crippen LogP contribution in [-0.2, 0) is 0 Å². The van der Waals surface area contributed by atoms with E-state index in [4.69, 9.17) is 5.26 Å². The number of aromatic nitrogens is 1. The van der Waals surface area contributed by atoms with Gasteiger partial charge in [0.05, 0.1) is 10.6 Å². The third kappa shape index (κ3) is 1.89. The third-order valence-corrected chi connectivity index (χ3v) is 2.03. The first-order chi connectivity index (χ1) is 5.75. The van der Waals surface area contributed by atoms with E-state index >= 15 is 0 Å². The Hall–Kier alpha value is -1.21. The van der Waals surface area contributed by atoms with E-state index in [-0.39, 0.29) is 0 Å². The highest BCUT2D eigenvalue weighted by Crippen LogP contribution is 2.26. The van der Waals surface area contributed by atoms with Gasteiger partial charge in [0.2, 0.25) is 0 Å². The van der Waals surface area contributed by atoms with Gasteiger partial charge in [0.25, 0.3) is 0 Å². The molecule has 1 aromatic heterocycles. The van der Waals surface area contributed by atoms with Crippen LogP contribution in [0.3, 0.4) is 0 Å². The molecule has 0 aliphatic rings. The number of nitriles is 1. The summed E-state index contributed by atoms with van der Waals surface area (Å²) in [5, 5.41) is 10.5. The van der Waals surface area contributed by atoms with Crippen molar-refractivity contribution in [2.45, 2.75) is 4.90 Å². The predicted octanol–water partition coefficient (Wildman–Crippen LogP) is 1.72. The fourth-order valence-electron chi connectivity index (χ4n) is 0.870. The van der Waals surface area contributed by atoms with Crippen LogP contribution >= 0.6 is 11.8 Å². The summed E-state index contributed by atoms with van der Waals surface area (Å²) in [4.78, 5) is 6.80. The molecule has 0 atom stereocenters. The largest absolute Gasteiger partial charge is 0.377 e. The minimum Gasteiger partial charge on any atom is -0.377 e. The Morgan fingerprint density at radius 1 is 1.58 bits per heavy atom. The average Bonchev–Trinajstić information content (AvgIpc) is 2.05. The van der Waals surface area contributed by atoms with Crippen molar-refractivity contribution in [3.05, 3.63) is 18.5 Å². The minimum atomic E-state index is 0.894. The molecule has 1 rings (SSSR count). The molecule has 0 radical (unpaired) electrons. The molecule has 0 bridgehead atoms. The normalized spacial score (nSPS) is 9.08. The zero-order valence-electron chi connectivity index (χ0n) is 6.98. The predicted molar refractivity (Wildman–Crippen MR) is 50.0 cm³/mol. The zero-order chi connectivity index (χ0) is 8.97. The quantitative estimate of drug-likeness (QED) is 0.512. The summed E-state index contributed by atoms with van der Waals surface area (Å²) in [5.74, 6) is 0. The maximum Gasteiger partial charge on any atom is 0.138 e. The maximum atomic E-state index is 8.49. The SMILES string of the molecule is CN(C)c1ccncc1SC#N. The number of pyridine rings is 1. The van der Waals surface area contributed by atoms with Gasteiger partial charge in [-0.15, -0.1) is 0 Å². The van der Waals surface area contributed by atoms with Crippen LogP contribution in [0.15, 0.2) is 23.4 Å². The van der Waals surface area contributed by atoms with E-state index in [2.05, 4.69) is 4.98 Å². The minimum absolute atomic E-state index is 0.894. The molecule has 0 aliphatic heterocycles. The van der Waals surface area contributed by atoms with E-state index < -0.39 is 0 Å². The number of thioether (sulfide) groups is 1. The molecule has 0 amide bonds. The van der Waals surface area contributed by atoms with Crippen LogP contribution in [0.25, 0.3) is 0 Å². The van der Waals surface area contributed by atoms with Gasteiger partial charge < -0.3 is 4.90 Å². The summed E-state index contributed by atoms with van der Waals surface area (Å²) in [7, 11) is 3.88. The molecule has 0 spiro atoms. The van der Waals surface area contributed by atoms with Gasteiger partial charge in [-0.05, 0) is 17.8 Å². The van der Waals surface area contributed by atoms with Gasteiger partial charge in [-0.25, -0.2) is 0 Å². The van der Waals surface area contributed by atoms with Crippen molar-refractivity contribution in [1.82, 2.24) is 4.98 Å². The Balaban J connectivity index is 3.02. The molecule has 1 heterocycles. The highest BCUT2D eigenvalue weighted by molar-refractivity contribution is 8.03. The van der Waals surface area contributed by atoms with Gasteiger partial charge in [-0.2, -0.15) is 5.26 Å². The summed E-state index contributed by atoms with van der Waals surface area (Å²) in [6, 6.07) is 1.89. The molecule has 0 aliphatic carbocycles. The third-order valence-electron chi connectivity index (χ3n) is 1.40. The van der Waals surface area contributed by atoms with Crippen LogP contribution in [-0.4, -0.2) is 19.1 Å². The smallest absolute Gasteiger partial charge is 0.138 e. The van der Waals surface area contributed by atoms with Crippen molar-refractivity contribution in [2.75, 3.05) is 19.0 Å². The van der Waals surface area contributed by atoms with E-state index in [1.54, 1.807) is 12.4 Å². The second-order valence-electron chi connectivity index (χ2n) is 2.43. The number of hydrogen-bond acceptors (Lipinski definition) is 4. The number of rotatable bonds is 2. The lowest BCUT2D eigenvalue weighted by molar-refractivity contribution is 1.08. The first-order valence-electron chi connectivity index (χ1n) is 3.43. The highest BCUT2D eigenvalue weighted by atomic mass is 32.2. The Morgan fingerprint density at radius 2 is 2.33 bits per heavy atom. The van der Waals surface area contributed by atoms with Gasteiger partial charge in [0.1, 0.15) is 5.40 Å². The highest BCUT2D eigenvalue weighted by Gasteiger charge is 2.03. The molecule has 1 aromatic rings. The maximum absolute atomic E-state index is 8.49. The Morgan fingerprint density at radius 3 is 2.92 bits per heavy atom. The van der Waals surface area contributed by atoms with E-state index in [0.29, 0.717) is 0 Å². The number of thiocyanates is 1. The first kappa shape index (κ1) is 8.88. The lowest BCUT2D eigenvalue weighted by Gasteiger charge is -2.14. The van der Waals surface area contributed by atoms with Crippen molar-refractivity contribution in [2.24, 2.45) is 0 Å². The molecule has 62 valence electrons. The summed E-state index contributed by atoms with van der Waals surface area (Å²) >= 11 is 1.13. The van der Waals surface area contributed by atoms with Crippen LogP contribution in [0.1, 0.15) is 0 Å². The second-order valence-corrected chi connectivity index (χ2v) is 3.26. The zero-order valence-corrected chi connectivity index (χ0v) is 7.80.